The fourth-order valence-electron chi connectivity index (χ4n) is 3.19. The Hall–Kier alpha value is -3.34. The third-order valence-electron chi connectivity index (χ3n) is 4.88. The Morgan fingerprint density at radius 3 is 2.42 bits per heavy atom. The van der Waals surface area contributed by atoms with Gasteiger partial charge in [0.1, 0.15) is 11.6 Å². The van der Waals surface area contributed by atoms with Crippen molar-refractivity contribution in [3.8, 4) is 11.6 Å². The van der Waals surface area contributed by atoms with Crippen LogP contribution in [0.3, 0.4) is 0 Å². The summed E-state index contributed by atoms with van der Waals surface area (Å²) in [6.45, 7) is 4.17. The zero-order valence-electron chi connectivity index (χ0n) is 19.6. The molecule has 36 heavy (non-hydrogen) atoms. The van der Waals surface area contributed by atoms with Gasteiger partial charge in [-0.05, 0) is 36.4 Å². The Balaban J connectivity index is 2.02. The first kappa shape index (κ1) is 27.3. The number of sulfonamides is 1. The van der Waals surface area contributed by atoms with Crippen molar-refractivity contribution >= 4 is 62.3 Å². The molecule has 0 radical (unpaired) electrons. The van der Waals surface area contributed by atoms with Crippen LogP contribution in [0.2, 0.25) is 10.0 Å². The predicted molar refractivity (Wildman–Crippen MR) is 139 cm³/mol. The molecule has 3 aromatic rings. The molecule has 10 nitrogen and oxygen atoms in total. The minimum atomic E-state index is -3.73. The lowest BCUT2D eigenvalue weighted by Crippen LogP contribution is -2.30. The predicted octanol–water partition coefficient (Wildman–Crippen LogP) is 5.03. The molecule has 0 saturated carbocycles. The highest BCUT2D eigenvalue weighted by Crippen LogP contribution is 2.32. The fourth-order valence-corrected chi connectivity index (χ4v) is 4.97. The van der Waals surface area contributed by atoms with Gasteiger partial charge in [0.15, 0.2) is 12.2 Å². The monoisotopic (exact) mass is 551 g/mol. The number of nitrogens with one attached hydrogen (secondary N) is 2. The van der Waals surface area contributed by atoms with Crippen molar-refractivity contribution in [3.63, 3.8) is 0 Å². The molecule has 0 aliphatic carbocycles. The van der Waals surface area contributed by atoms with E-state index in [0.717, 1.165) is 6.26 Å². The van der Waals surface area contributed by atoms with Gasteiger partial charge >= 0.3 is 0 Å². The Morgan fingerprint density at radius 1 is 1.03 bits per heavy atom. The number of nitrogens with zero attached hydrogens (tertiary/aromatic N) is 3. The summed E-state index contributed by atoms with van der Waals surface area (Å²) >= 11 is 12.1. The first-order valence-corrected chi connectivity index (χ1v) is 12.8. The molecule has 2 aromatic carbocycles. The molecule has 0 bridgehead atoms. The normalized spacial score (nSPS) is 11.1. The molecular formula is C23H23Cl2N5O5S. The maximum absolute atomic E-state index is 13.0. The molecule has 1 aromatic heterocycles. The molecule has 1 heterocycles. The molecule has 0 fully saturated rings. The van der Waals surface area contributed by atoms with Gasteiger partial charge in [0.2, 0.25) is 21.9 Å². The number of aromatic nitrogens is 2. The average molecular weight is 552 g/mol. The molecule has 190 valence electrons. The number of anilines is 4. The topological polar surface area (TPSA) is 123 Å². The van der Waals surface area contributed by atoms with Gasteiger partial charge in [-0.3, -0.25) is 0 Å². The number of halogens is 2. The lowest BCUT2D eigenvalue weighted by molar-refractivity contribution is 0.416. The van der Waals surface area contributed by atoms with Crippen molar-refractivity contribution in [1.29, 1.82) is 0 Å². The lowest BCUT2D eigenvalue weighted by atomic mass is 10.3. The number of methoxy groups -OCH3 is 1. The standard InChI is InChI=1S/C23H23Cl2N5O5S/c1-4-30(5-2)36(32,33)16-7-9-20(34-3)19(13-16)27-23-28-21(14-22(29-23)35-11-10-31)26-15-6-8-17(24)18(25)12-15/h6-9,11-14H,4-5H2,1-3H3,(H2,26,27,28,29). The van der Waals surface area contributed by atoms with E-state index in [1.807, 2.05) is 0 Å². The van der Waals surface area contributed by atoms with E-state index in [2.05, 4.69) is 20.6 Å². The van der Waals surface area contributed by atoms with Crippen molar-refractivity contribution in [1.82, 2.24) is 14.3 Å². The van der Waals surface area contributed by atoms with E-state index in [4.69, 9.17) is 32.7 Å². The van der Waals surface area contributed by atoms with E-state index in [1.165, 1.54) is 41.6 Å². The van der Waals surface area contributed by atoms with Gasteiger partial charge in [0.25, 0.3) is 0 Å². The van der Waals surface area contributed by atoms with Crippen LogP contribution in [0.1, 0.15) is 13.8 Å². The second kappa shape index (κ2) is 12.1. The van der Waals surface area contributed by atoms with E-state index in [-0.39, 0.29) is 22.5 Å². The second-order valence-corrected chi connectivity index (χ2v) is 9.85. The molecule has 0 atom stereocenters. The Bertz CT molecular complexity index is 1390. The molecule has 0 unspecified atom stereocenters. The molecule has 3 rings (SSSR count). The summed E-state index contributed by atoms with van der Waals surface area (Å²) in [5.41, 5.74) is 0.880. The summed E-state index contributed by atoms with van der Waals surface area (Å²) in [5.74, 6) is 2.20. The molecule has 0 amide bonds. The lowest BCUT2D eigenvalue weighted by Gasteiger charge is -2.20. The number of benzene rings is 2. The summed E-state index contributed by atoms with van der Waals surface area (Å²) in [7, 11) is -2.28. The maximum Gasteiger partial charge on any atom is 0.243 e. The van der Waals surface area contributed by atoms with Gasteiger partial charge in [-0.1, -0.05) is 37.0 Å². The van der Waals surface area contributed by atoms with Crippen LogP contribution in [0, 0.1) is 0 Å². The minimum Gasteiger partial charge on any atom is -0.495 e. The van der Waals surface area contributed by atoms with Crippen LogP contribution in [0.25, 0.3) is 0 Å². The smallest absolute Gasteiger partial charge is 0.243 e. The Labute approximate surface area is 218 Å². The summed E-state index contributed by atoms with van der Waals surface area (Å²) in [5, 5.41) is 6.74. The Morgan fingerprint density at radius 2 is 1.78 bits per heavy atom. The highest BCUT2D eigenvalue weighted by Gasteiger charge is 2.23. The molecular weight excluding hydrogens is 529 g/mol. The van der Waals surface area contributed by atoms with E-state index in [0.29, 0.717) is 40.3 Å². The zero-order chi connectivity index (χ0) is 26.3. The number of carbonyl (C=O) groups excluding carboxylic acids is 1. The van der Waals surface area contributed by atoms with Gasteiger partial charge in [-0.2, -0.15) is 14.3 Å². The van der Waals surface area contributed by atoms with Crippen LogP contribution >= 0.6 is 23.2 Å². The minimum absolute atomic E-state index is 0.0179. The molecule has 0 saturated heterocycles. The van der Waals surface area contributed by atoms with Crippen LogP contribution in [-0.4, -0.2) is 48.8 Å². The fraction of sp³-hybridized carbons (Fsp3) is 0.217. The molecule has 13 heteroatoms. The summed E-state index contributed by atoms with van der Waals surface area (Å²) < 4.78 is 37.9. The molecule has 0 aliphatic heterocycles. The van der Waals surface area contributed by atoms with Gasteiger partial charge in [-0.15, -0.1) is 0 Å². The van der Waals surface area contributed by atoms with E-state index >= 15 is 0 Å². The highest BCUT2D eigenvalue weighted by atomic mass is 35.5. The largest absolute Gasteiger partial charge is 0.495 e. The van der Waals surface area contributed by atoms with Crippen molar-refractivity contribution in [2.75, 3.05) is 30.8 Å². The van der Waals surface area contributed by atoms with E-state index in [9.17, 15) is 13.2 Å². The SMILES string of the molecule is CCN(CC)S(=O)(=O)c1ccc(OC)c(Nc2nc(Nc3ccc(Cl)c(Cl)c3)cc(OC=C=O)n2)c1. The quantitative estimate of drug-likeness (QED) is 0.249. The highest BCUT2D eigenvalue weighted by molar-refractivity contribution is 7.89. The van der Waals surface area contributed by atoms with Crippen LogP contribution in [0.4, 0.5) is 23.1 Å². The summed E-state index contributed by atoms with van der Waals surface area (Å²) in [4.78, 5) is 19.3. The van der Waals surface area contributed by atoms with Crippen LogP contribution in [0.5, 0.6) is 11.6 Å². The van der Waals surface area contributed by atoms with Crippen molar-refractivity contribution < 1.29 is 22.7 Å². The van der Waals surface area contributed by atoms with Gasteiger partial charge in [0.05, 0.1) is 27.7 Å². The van der Waals surface area contributed by atoms with Gasteiger partial charge < -0.3 is 20.1 Å². The van der Waals surface area contributed by atoms with E-state index in [1.54, 1.807) is 32.0 Å². The van der Waals surface area contributed by atoms with E-state index < -0.39 is 10.0 Å². The molecule has 2 N–H and O–H groups in total. The number of rotatable bonds is 11. The average Bonchev–Trinajstić information content (AvgIpc) is 2.85. The zero-order valence-corrected chi connectivity index (χ0v) is 21.9. The van der Waals surface area contributed by atoms with Gasteiger partial charge in [0, 0.05) is 24.8 Å². The third kappa shape index (κ3) is 6.45. The number of ether oxygens (including phenoxy) is 2. The first-order chi connectivity index (χ1) is 17.2. The summed E-state index contributed by atoms with van der Waals surface area (Å²) in [6.07, 6.45) is 0.799. The second-order valence-electron chi connectivity index (χ2n) is 7.10. The molecule has 0 spiro atoms. The van der Waals surface area contributed by atoms with Crippen LogP contribution in [-0.2, 0) is 14.8 Å². The van der Waals surface area contributed by atoms with Crippen molar-refractivity contribution in [2.45, 2.75) is 18.7 Å². The third-order valence-corrected chi connectivity index (χ3v) is 7.67. The van der Waals surface area contributed by atoms with Crippen molar-refractivity contribution in [2.24, 2.45) is 0 Å². The summed E-state index contributed by atoms with van der Waals surface area (Å²) in [6, 6.07) is 10.8. The Kier molecular flexibility index (Phi) is 9.14. The molecule has 0 aliphatic rings. The van der Waals surface area contributed by atoms with Crippen LogP contribution < -0.4 is 20.1 Å². The van der Waals surface area contributed by atoms with Gasteiger partial charge in [-0.25, -0.2) is 13.2 Å². The number of hydrogen-bond acceptors (Lipinski definition) is 9. The van der Waals surface area contributed by atoms with Crippen LogP contribution in [0.15, 0.2) is 53.6 Å². The maximum atomic E-state index is 13.0. The number of hydrogen-bond donors (Lipinski definition) is 2. The first-order valence-electron chi connectivity index (χ1n) is 10.6. The van der Waals surface area contributed by atoms with Crippen molar-refractivity contribution in [3.05, 3.63) is 58.8 Å².